The molecule has 4 nitrogen and oxygen atoms in total. The maximum Gasteiger partial charge on any atom is 0.287 e. The van der Waals surface area contributed by atoms with Crippen molar-refractivity contribution in [3.05, 3.63) is 71.5 Å². The molecule has 5 rings (SSSR count). The van der Waals surface area contributed by atoms with Gasteiger partial charge in [-0.25, -0.2) is 4.57 Å². The molecule has 4 heteroatoms. The van der Waals surface area contributed by atoms with Gasteiger partial charge in [0.15, 0.2) is 5.52 Å². The molecule has 0 aliphatic rings. The zero-order valence-electron chi connectivity index (χ0n) is 15.9. The summed E-state index contributed by atoms with van der Waals surface area (Å²) in [6, 6.07) is 18.2. The Morgan fingerprint density at radius 3 is 2.68 bits per heavy atom. The molecule has 0 spiro atoms. The zero-order valence-corrected chi connectivity index (χ0v) is 15.9. The number of nitrogens with zero attached hydrogens (tertiary/aromatic N) is 3. The van der Waals surface area contributed by atoms with Gasteiger partial charge in [0.25, 0.3) is 6.33 Å². The Balaban J connectivity index is 2.04. The molecule has 0 fully saturated rings. The van der Waals surface area contributed by atoms with Crippen LogP contribution >= 0.6 is 0 Å². The number of fused-ring (bicyclic) bond motifs is 4. The van der Waals surface area contributed by atoms with Crippen LogP contribution in [0.25, 0.3) is 44.1 Å². The molecule has 2 aromatic heterocycles. The van der Waals surface area contributed by atoms with Gasteiger partial charge in [-0.15, -0.1) is 0 Å². The minimum absolute atomic E-state index is 0.634. The summed E-state index contributed by atoms with van der Waals surface area (Å²) in [4.78, 5) is 4.56. The van der Waals surface area contributed by atoms with Crippen LogP contribution in [0.3, 0.4) is 0 Å². The van der Waals surface area contributed by atoms with E-state index in [0.717, 1.165) is 49.7 Å². The third-order valence-corrected chi connectivity index (χ3v) is 5.55. The van der Waals surface area contributed by atoms with Gasteiger partial charge in [-0.2, -0.15) is 5.26 Å². The molecule has 0 saturated carbocycles. The summed E-state index contributed by atoms with van der Waals surface area (Å²) in [6.45, 7) is 4.23. The predicted molar refractivity (Wildman–Crippen MR) is 110 cm³/mol. The van der Waals surface area contributed by atoms with Crippen molar-refractivity contribution < 1.29 is 8.98 Å². The van der Waals surface area contributed by atoms with Gasteiger partial charge in [0, 0.05) is 10.8 Å². The molecule has 134 valence electrons. The average molecular weight is 364 g/mol. The van der Waals surface area contributed by atoms with E-state index in [1.54, 1.807) is 0 Å². The first-order valence-corrected chi connectivity index (χ1v) is 9.19. The Morgan fingerprint density at radius 1 is 1.04 bits per heavy atom. The van der Waals surface area contributed by atoms with Gasteiger partial charge in [-0.05, 0) is 60.3 Å². The fourth-order valence-electron chi connectivity index (χ4n) is 4.06. The lowest BCUT2D eigenvalue weighted by Gasteiger charge is -2.11. The van der Waals surface area contributed by atoms with E-state index in [2.05, 4.69) is 37.0 Å². The lowest BCUT2D eigenvalue weighted by atomic mass is 9.94. The van der Waals surface area contributed by atoms with Gasteiger partial charge in [-0.1, -0.05) is 18.2 Å². The second-order valence-corrected chi connectivity index (χ2v) is 7.18. The lowest BCUT2D eigenvalue weighted by molar-refractivity contribution is -0.662. The van der Waals surface area contributed by atoms with Crippen LogP contribution in [-0.4, -0.2) is 4.98 Å². The van der Waals surface area contributed by atoms with Crippen molar-refractivity contribution >= 4 is 32.8 Å². The van der Waals surface area contributed by atoms with E-state index in [1.165, 1.54) is 5.56 Å². The Bertz CT molecular complexity index is 1450. The SMILES string of the molecule is Cc1cc2c(oc3cccc(C#N)c32)c(-c2c3ccccc3nc[n+]2C)c1C. The molecule has 3 aromatic carbocycles. The number of rotatable bonds is 1. The zero-order chi connectivity index (χ0) is 19.4. The molecule has 0 unspecified atom stereocenters. The minimum atomic E-state index is 0.634. The summed E-state index contributed by atoms with van der Waals surface area (Å²) in [7, 11) is 2.01. The van der Waals surface area contributed by atoms with Gasteiger partial charge in [0.05, 0.1) is 29.6 Å². The van der Waals surface area contributed by atoms with Crippen molar-refractivity contribution in [1.82, 2.24) is 4.98 Å². The van der Waals surface area contributed by atoms with Crippen molar-refractivity contribution in [2.45, 2.75) is 13.8 Å². The maximum absolute atomic E-state index is 9.61. The highest BCUT2D eigenvalue weighted by molar-refractivity contribution is 6.13. The monoisotopic (exact) mass is 364 g/mol. The van der Waals surface area contributed by atoms with Crippen molar-refractivity contribution in [2.75, 3.05) is 0 Å². The van der Waals surface area contributed by atoms with E-state index in [9.17, 15) is 5.26 Å². The lowest BCUT2D eigenvalue weighted by Crippen LogP contribution is -2.32. The second kappa shape index (κ2) is 5.90. The molecule has 0 atom stereocenters. The van der Waals surface area contributed by atoms with Crippen LogP contribution in [0.2, 0.25) is 0 Å². The number of hydrogen-bond donors (Lipinski definition) is 0. The minimum Gasteiger partial charge on any atom is -0.455 e. The van der Waals surface area contributed by atoms with Crippen LogP contribution in [-0.2, 0) is 7.05 Å². The third-order valence-electron chi connectivity index (χ3n) is 5.55. The fourth-order valence-corrected chi connectivity index (χ4v) is 4.06. The van der Waals surface area contributed by atoms with Crippen LogP contribution < -0.4 is 4.57 Å². The predicted octanol–water partition coefficient (Wildman–Crippen LogP) is 5.11. The third kappa shape index (κ3) is 2.17. The number of furan rings is 1. The standard InChI is InChI=1S/C24H18N3O/c1-14-11-18-22-16(12-25)7-6-10-20(22)28-24(18)21(15(14)2)23-17-8-4-5-9-19(17)26-13-27(23)3/h4-11,13H,1-3H3/q+1. The van der Waals surface area contributed by atoms with Crippen molar-refractivity contribution in [3.63, 3.8) is 0 Å². The summed E-state index contributed by atoms with van der Waals surface area (Å²) >= 11 is 0. The van der Waals surface area contributed by atoms with Gasteiger partial charge < -0.3 is 4.42 Å². The topological polar surface area (TPSA) is 53.7 Å². The van der Waals surface area contributed by atoms with Crippen LogP contribution in [0.4, 0.5) is 0 Å². The highest BCUT2D eigenvalue weighted by Crippen LogP contribution is 2.40. The summed E-state index contributed by atoms with van der Waals surface area (Å²) in [6.07, 6.45) is 1.84. The normalized spacial score (nSPS) is 11.4. The maximum atomic E-state index is 9.61. The van der Waals surface area contributed by atoms with Crippen molar-refractivity contribution in [3.8, 4) is 17.3 Å². The van der Waals surface area contributed by atoms with Gasteiger partial charge in [-0.3, -0.25) is 0 Å². The van der Waals surface area contributed by atoms with Crippen molar-refractivity contribution in [2.24, 2.45) is 7.05 Å². The number of aromatic nitrogens is 2. The molecule has 2 heterocycles. The van der Waals surface area contributed by atoms with Crippen molar-refractivity contribution in [1.29, 1.82) is 5.26 Å². The first-order valence-electron chi connectivity index (χ1n) is 9.19. The van der Waals surface area contributed by atoms with E-state index in [-0.39, 0.29) is 0 Å². The summed E-state index contributed by atoms with van der Waals surface area (Å²) < 4.78 is 8.38. The Morgan fingerprint density at radius 2 is 1.86 bits per heavy atom. The largest absolute Gasteiger partial charge is 0.455 e. The van der Waals surface area contributed by atoms with E-state index in [0.29, 0.717) is 5.56 Å². The summed E-state index contributed by atoms with van der Waals surface area (Å²) in [5, 5.41) is 12.5. The first kappa shape index (κ1) is 16.5. The first-order chi connectivity index (χ1) is 13.6. The number of hydrogen-bond acceptors (Lipinski definition) is 3. The van der Waals surface area contributed by atoms with E-state index in [4.69, 9.17) is 4.42 Å². The second-order valence-electron chi connectivity index (χ2n) is 7.18. The molecule has 5 aromatic rings. The summed E-state index contributed by atoms with van der Waals surface area (Å²) in [5.74, 6) is 0. The molecule has 0 aliphatic heterocycles. The molecular weight excluding hydrogens is 346 g/mol. The van der Waals surface area contributed by atoms with Gasteiger partial charge in [0.2, 0.25) is 0 Å². The molecule has 0 saturated heterocycles. The van der Waals surface area contributed by atoms with E-state index in [1.807, 2.05) is 54.3 Å². The molecule has 28 heavy (non-hydrogen) atoms. The molecule has 0 radical (unpaired) electrons. The number of nitriles is 1. The molecule has 0 aliphatic carbocycles. The molecular formula is C24H18N3O+. The Hall–Kier alpha value is -3.71. The molecule has 0 amide bonds. The van der Waals surface area contributed by atoms with Crippen LogP contribution in [0.1, 0.15) is 16.7 Å². The van der Waals surface area contributed by atoms with Crippen LogP contribution in [0, 0.1) is 25.2 Å². The highest BCUT2D eigenvalue weighted by atomic mass is 16.3. The average Bonchev–Trinajstić information content (AvgIpc) is 3.08. The Labute approximate surface area is 162 Å². The Kier molecular flexibility index (Phi) is 3.47. The van der Waals surface area contributed by atoms with E-state index >= 15 is 0 Å². The van der Waals surface area contributed by atoms with Crippen LogP contribution in [0.15, 0.2) is 59.3 Å². The molecule has 0 N–H and O–H groups in total. The number of benzene rings is 3. The summed E-state index contributed by atoms with van der Waals surface area (Å²) in [5.41, 5.74) is 7.57. The number of para-hydroxylation sites is 1. The number of aryl methyl sites for hydroxylation is 2. The quantitative estimate of drug-likeness (QED) is 0.388. The van der Waals surface area contributed by atoms with E-state index < -0.39 is 0 Å². The smallest absolute Gasteiger partial charge is 0.287 e. The fraction of sp³-hybridized carbons (Fsp3) is 0.125. The molecule has 0 bridgehead atoms. The van der Waals surface area contributed by atoms with Crippen LogP contribution in [0.5, 0.6) is 0 Å². The van der Waals surface area contributed by atoms with Gasteiger partial charge >= 0.3 is 0 Å². The van der Waals surface area contributed by atoms with Gasteiger partial charge in [0.1, 0.15) is 16.9 Å². The highest BCUT2D eigenvalue weighted by Gasteiger charge is 2.24.